The summed E-state index contributed by atoms with van der Waals surface area (Å²) in [5.74, 6) is 0. The lowest BCUT2D eigenvalue weighted by Crippen LogP contribution is -2.21. The minimum absolute atomic E-state index is 0.321. The van der Waals surface area contributed by atoms with Crippen LogP contribution in [0, 0.1) is 0 Å². The fourth-order valence-electron chi connectivity index (χ4n) is 0.633. The zero-order chi connectivity index (χ0) is 7.40. The number of ether oxygens (including phenoxy) is 1. The fourth-order valence-corrected chi connectivity index (χ4v) is 0.633. The van der Waals surface area contributed by atoms with E-state index < -0.39 is 6.09 Å². The molecule has 0 radical (unpaired) electrons. The van der Waals surface area contributed by atoms with E-state index in [1.807, 2.05) is 0 Å². The average molecular weight is 140 g/mol. The smallest absolute Gasteiger partial charge is 0.405 e. The van der Waals surface area contributed by atoms with E-state index in [0.717, 1.165) is 0 Å². The Morgan fingerprint density at radius 3 is 2.60 bits per heavy atom. The maximum atomic E-state index is 10.2. The van der Waals surface area contributed by atoms with Gasteiger partial charge in [-0.3, -0.25) is 0 Å². The Morgan fingerprint density at radius 2 is 2.10 bits per heavy atom. The van der Waals surface area contributed by atoms with Crippen LogP contribution in [0.3, 0.4) is 0 Å². The van der Waals surface area contributed by atoms with Gasteiger partial charge in [-0.15, -0.1) is 0 Å². The van der Waals surface area contributed by atoms with Crippen LogP contribution in [0.15, 0.2) is 24.6 Å². The van der Waals surface area contributed by atoms with Crippen LogP contribution >= 0.6 is 0 Å². The van der Waals surface area contributed by atoms with Crippen molar-refractivity contribution in [3.63, 3.8) is 0 Å². The molecular weight excluding hydrogens is 132 g/mol. The fraction of sp³-hybridized carbons (Fsp3) is 0.167. The Labute approximate surface area is 58.3 Å². The third-order valence-electron chi connectivity index (χ3n) is 1.02. The minimum Gasteiger partial charge on any atom is -0.438 e. The van der Waals surface area contributed by atoms with Crippen molar-refractivity contribution in [1.82, 2.24) is 5.32 Å². The number of dihydropyridines is 1. The molecule has 0 atom stereocenters. The lowest BCUT2D eigenvalue weighted by molar-refractivity contribution is 0.146. The van der Waals surface area contributed by atoms with Crippen LogP contribution in [0.1, 0.15) is 0 Å². The summed E-state index contributed by atoms with van der Waals surface area (Å²) in [5.41, 5.74) is 4.77. The van der Waals surface area contributed by atoms with E-state index in [1.165, 1.54) is 0 Å². The van der Waals surface area contributed by atoms with Crippen molar-refractivity contribution in [3.8, 4) is 0 Å². The normalized spacial score (nSPS) is 16.4. The number of nitrogens with two attached hydrogens (primary N) is 1. The summed E-state index contributed by atoms with van der Waals surface area (Å²) in [6.07, 6.45) is 5.64. The molecule has 0 unspecified atom stereocenters. The van der Waals surface area contributed by atoms with Gasteiger partial charge in [0.2, 0.25) is 0 Å². The van der Waals surface area contributed by atoms with Gasteiger partial charge in [0, 0.05) is 12.4 Å². The first-order valence-electron chi connectivity index (χ1n) is 2.84. The van der Waals surface area contributed by atoms with E-state index in [-0.39, 0.29) is 6.10 Å². The molecule has 1 aliphatic rings. The molecule has 0 aromatic rings. The molecule has 0 aromatic carbocycles. The molecule has 1 aliphatic heterocycles. The lowest BCUT2D eigenvalue weighted by atomic mass is 10.3. The van der Waals surface area contributed by atoms with Crippen molar-refractivity contribution >= 4 is 6.09 Å². The molecule has 10 heavy (non-hydrogen) atoms. The highest BCUT2D eigenvalue weighted by atomic mass is 16.6. The number of amides is 1. The van der Waals surface area contributed by atoms with E-state index in [9.17, 15) is 4.79 Å². The van der Waals surface area contributed by atoms with E-state index in [1.54, 1.807) is 24.6 Å². The number of hydrogen-bond acceptors (Lipinski definition) is 3. The highest BCUT2D eigenvalue weighted by Crippen LogP contribution is 1.98. The van der Waals surface area contributed by atoms with E-state index in [0.29, 0.717) is 0 Å². The predicted octanol–water partition coefficient (Wildman–Crippen LogP) is 0.0809. The van der Waals surface area contributed by atoms with Crippen LogP contribution in [0.25, 0.3) is 0 Å². The summed E-state index contributed by atoms with van der Waals surface area (Å²) in [6, 6.07) is 0. The Balaban J connectivity index is 2.40. The first-order valence-corrected chi connectivity index (χ1v) is 2.84. The molecule has 0 fully saturated rings. The van der Waals surface area contributed by atoms with Crippen molar-refractivity contribution < 1.29 is 9.53 Å². The Morgan fingerprint density at radius 1 is 1.50 bits per heavy atom. The summed E-state index contributed by atoms with van der Waals surface area (Å²) in [7, 11) is 0. The molecule has 54 valence electrons. The monoisotopic (exact) mass is 140 g/mol. The van der Waals surface area contributed by atoms with Gasteiger partial charge in [0.05, 0.1) is 0 Å². The second-order valence-electron chi connectivity index (χ2n) is 1.79. The minimum atomic E-state index is -0.763. The molecule has 4 heteroatoms. The third kappa shape index (κ3) is 1.81. The van der Waals surface area contributed by atoms with Gasteiger partial charge in [0.15, 0.2) is 0 Å². The number of hydrogen-bond donors (Lipinski definition) is 2. The topological polar surface area (TPSA) is 64.4 Å². The molecule has 0 spiro atoms. The molecule has 1 rings (SSSR count). The van der Waals surface area contributed by atoms with Gasteiger partial charge in [-0.05, 0) is 12.2 Å². The Hall–Kier alpha value is -1.45. The molecule has 3 N–H and O–H groups in total. The van der Waals surface area contributed by atoms with Gasteiger partial charge in [0.25, 0.3) is 0 Å². The van der Waals surface area contributed by atoms with Crippen LogP contribution < -0.4 is 11.1 Å². The van der Waals surface area contributed by atoms with Crippen molar-refractivity contribution in [2.75, 3.05) is 0 Å². The quantitative estimate of drug-likeness (QED) is 0.542. The third-order valence-corrected chi connectivity index (χ3v) is 1.02. The average Bonchev–Trinajstić information content (AvgIpc) is 1.88. The molecule has 0 saturated heterocycles. The lowest BCUT2D eigenvalue weighted by Gasteiger charge is -2.10. The first kappa shape index (κ1) is 6.67. The molecular formula is C6H8N2O2. The van der Waals surface area contributed by atoms with Gasteiger partial charge in [-0.1, -0.05) is 0 Å². The largest absolute Gasteiger partial charge is 0.438 e. The van der Waals surface area contributed by atoms with Gasteiger partial charge >= 0.3 is 6.09 Å². The second kappa shape index (κ2) is 2.91. The van der Waals surface area contributed by atoms with Gasteiger partial charge < -0.3 is 15.8 Å². The summed E-state index contributed by atoms with van der Waals surface area (Å²) < 4.78 is 4.62. The summed E-state index contributed by atoms with van der Waals surface area (Å²) in [5, 5.41) is 2.79. The first-order chi connectivity index (χ1) is 4.79. The molecule has 1 amide bonds. The number of carbonyl (C=O) groups excluding carboxylic acids is 1. The van der Waals surface area contributed by atoms with Gasteiger partial charge in [-0.2, -0.15) is 0 Å². The van der Waals surface area contributed by atoms with Crippen molar-refractivity contribution in [2.45, 2.75) is 6.10 Å². The summed E-state index contributed by atoms with van der Waals surface area (Å²) >= 11 is 0. The van der Waals surface area contributed by atoms with Gasteiger partial charge in [-0.25, -0.2) is 4.79 Å². The van der Waals surface area contributed by atoms with Crippen LogP contribution in [0.4, 0.5) is 4.79 Å². The van der Waals surface area contributed by atoms with E-state index >= 15 is 0 Å². The highest BCUT2D eigenvalue weighted by Gasteiger charge is 2.04. The number of rotatable bonds is 1. The molecule has 1 heterocycles. The molecule has 0 aromatic heterocycles. The maximum absolute atomic E-state index is 10.2. The predicted molar refractivity (Wildman–Crippen MR) is 35.9 cm³/mol. The molecule has 4 nitrogen and oxygen atoms in total. The maximum Gasteiger partial charge on any atom is 0.405 e. The zero-order valence-electron chi connectivity index (χ0n) is 5.28. The molecule has 0 saturated carbocycles. The van der Waals surface area contributed by atoms with Crippen molar-refractivity contribution in [3.05, 3.63) is 24.6 Å². The van der Waals surface area contributed by atoms with Crippen molar-refractivity contribution in [2.24, 2.45) is 5.73 Å². The van der Waals surface area contributed by atoms with Crippen LogP contribution in [0.5, 0.6) is 0 Å². The van der Waals surface area contributed by atoms with Crippen LogP contribution in [0.2, 0.25) is 0 Å². The van der Waals surface area contributed by atoms with E-state index in [2.05, 4.69) is 10.1 Å². The number of nitrogens with one attached hydrogen (secondary N) is 1. The van der Waals surface area contributed by atoms with E-state index in [4.69, 9.17) is 5.73 Å². The van der Waals surface area contributed by atoms with Crippen molar-refractivity contribution in [1.29, 1.82) is 0 Å². The second-order valence-corrected chi connectivity index (χ2v) is 1.79. The SMILES string of the molecule is NC(=O)OC1C=CNC=C1. The highest BCUT2D eigenvalue weighted by molar-refractivity contribution is 5.65. The van der Waals surface area contributed by atoms with Gasteiger partial charge in [0.1, 0.15) is 6.10 Å². The number of primary amides is 1. The van der Waals surface area contributed by atoms with Crippen LogP contribution in [-0.2, 0) is 4.74 Å². The molecule has 0 bridgehead atoms. The summed E-state index contributed by atoms with van der Waals surface area (Å²) in [6.45, 7) is 0. The Kier molecular flexibility index (Phi) is 1.94. The Bertz CT molecular complexity index is 174. The zero-order valence-corrected chi connectivity index (χ0v) is 5.28. The van der Waals surface area contributed by atoms with Crippen LogP contribution in [-0.4, -0.2) is 12.2 Å². The molecule has 0 aliphatic carbocycles. The summed E-state index contributed by atoms with van der Waals surface area (Å²) in [4.78, 5) is 10.2. The standard InChI is InChI=1S/C6H8N2O2/c7-6(9)10-5-1-3-8-4-2-5/h1-5,8H,(H2,7,9). The number of carbonyl (C=O) groups is 1.